The summed E-state index contributed by atoms with van der Waals surface area (Å²) >= 11 is 0. The quantitative estimate of drug-likeness (QED) is 0.226. The molecule has 7 nitrogen and oxygen atoms in total. The smallest absolute Gasteiger partial charge is 0.311 e. The highest BCUT2D eigenvalue weighted by molar-refractivity contribution is 5.75. The van der Waals surface area contributed by atoms with Crippen LogP contribution in [-0.2, 0) is 28.8 Å². The van der Waals surface area contributed by atoms with Crippen LogP contribution in [0.15, 0.2) is 12.2 Å². The third-order valence-electron chi connectivity index (χ3n) is 4.51. The van der Waals surface area contributed by atoms with E-state index in [0.717, 1.165) is 0 Å². The molecule has 0 amide bonds. The monoisotopic (exact) mass is 328 g/mol. The molecule has 1 saturated heterocycles. The zero-order valence-electron chi connectivity index (χ0n) is 13.7. The van der Waals surface area contributed by atoms with Gasteiger partial charge in [0.1, 0.15) is 13.2 Å². The summed E-state index contributed by atoms with van der Waals surface area (Å²) in [6.45, 7) is 5.88. The fraction of sp³-hybridized carbons (Fsp3) is 0.750. The molecule has 2 heterocycles. The molecule has 0 aliphatic carbocycles. The highest BCUT2D eigenvalue weighted by Crippen LogP contribution is 2.39. The van der Waals surface area contributed by atoms with Crippen LogP contribution in [0.1, 0.15) is 27.2 Å². The predicted molar refractivity (Wildman–Crippen MR) is 79.4 cm³/mol. The molecule has 7 heteroatoms. The van der Waals surface area contributed by atoms with Crippen molar-refractivity contribution in [2.75, 3.05) is 19.8 Å². The van der Waals surface area contributed by atoms with Crippen molar-refractivity contribution in [3.05, 3.63) is 12.2 Å². The van der Waals surface area contributed by atoms with Crippen LogP contribution in [0.3, 0.4) is 0 Å². The van der Waals surface area contributed by atoms with Gasteiger partial charge in [0.05, 0.1) is 30.1 Å². The summed E-state index contributed by atoms with van der Waals surface area (Å²) in [4.78, 5) is 33.1. The molecule has 0 aromatic carbocycles. The van der Waals surface area contributed by atoms with Gasteiger partial charge in [0.25, 0.3) is 0 Å². The first-order valence-corrected chi connectivity index (χ1v) is 7.85. The lowest BCUT2D eigenvalue weighted by Gasteiger charge is -2.21. The zero-order chi connectivity index (χ0) is 17.0. The number of hydrogen-bond donors (Lipinski definition) is 1. The number of carboxylic acids is 1. The van der Waals surface area contributed by atoms with Crippen LogP contribution < -0.4 is 0 Å². The Morgan fingerprint density at radius 3 is 2.52 bits per heavy atom. The summed E-state index contributed by atoms with van der Waals surface area (Å²) in [5, 5.41) is 9.24. The van der Waals surface area contributed by atoms with Crippen molar-refractivity contribution in [2.45, 2.75) is 39.4 Å². The summed E-state index contributed by atoms with van der Waals surface area (Å²) in [7, 11) is 0. The summed E-state index contributed by atoms with van der Waals surface area (Å²) in [6.07, 6.45) is 3.69. The van der Waals surface area contributed by atoms with E-state index in [1.165, 1.54) is 0 Å². The van der Waals surface area contributed by atoms with Crippen molar-refractivity contribution in [2.24, 2.45) is 17.3 Å². The van der Waals surface area contributed by atoms with Crippen molar-refractivity contribution >= 4 is 11.9 Å². The SMILES string of the molecule is CCC(C)(C)C(=O)OCCOOCC1C2C=CC(O2)C1C(=O)O. The molecule has 1 fully saturated rings. The Labute approximate surface area is 135 Å². The van der Waals surface area contributed by atoms with E-state index in [1.807, 2.05) is 26.8 Å². The number of esters is 1. The van der Waals surface area contributed by atoms with Crippen molar-refractivity contribution in [1.29, 1.82) is 0 Å². The first-order chi connectivity index (χ1) is 10.9. The van der Waals surface area contributed by atoms with E-state index in [0.29, 0.717) is 6.42 Å². The average molecular weight is 328 g/mol. The first-order valence-electron chi connectivity index (χ1n) is 7.85. The summed E-state index contributed by atoms with van der Waals surface area (Å²) in [5.74, 6) is -2.06. The standard InChI is InChI=1S/C16H24O7/c1-4-16(2,3)15(19)20-7-8-21-22-9-10-11-5-6-12(23-11)13(10)14(17)18/h5-6,10-13H,4,7-9H2,1-3H3,(H,17,18). The molecule has 0 radical (unpaired) electrons. The molecule has 4 atom stereocenters. The molecular weight excluding hydrogens is 304 g/mol. The lowest BCUT2D eigenvalue weighted by molar-refractivity contribution is -0.306. The molecule has 0 aromatic heterocycles. The molecular formula is C16H24O7. The van der Waals surface area contributed by atoms with Gasteiger partial charge in [-0.3, -0.25) is 9.59 Å². The van der Waals surface area contributed by atoms with Crippen LogP contribution >= 0.6 is 0 Å². The Morgan fingerprint density at radius 1 is 1.17 bits per heavy atom. The van der Waals surface area contributed by atoms with E-state index in [2.05, 4.69) is 0 Å². The third-order valence-corrected chi connectivity index (χ3v) is 4.51. The third kappa shape index (κ3) is 4.10. The fourth-order valence-corrected chi connectivity index (χ4v) is 2.60. The molecule has 2 aliphatic heterocycles. The first kappa shape index (κ1) is 17.9. The minimum Gasteiger partial charge on any atom is -0.481 e. The molecule has 2 rings (SSSR count). The van der Waals surface area contributed by atoms with Crippen LogP contribution in [-0.4, -0.2) is 49.1 Å². The molecule has 4 unspecified atom stereocenters. The maximum Gasteiger partial charge on any atom is 0.311 e. The number of rotatable bonds is 9. The Balaban J connectivity index is 1.64. The van der Waals surface area contributed by atoms with E-state index in [-0.39, 0.29) is 43.9 Å². The van der Waals surface area contributed by atoms with Crippen LogP contribution in [0.25, 0.3) is 0 Å². The zero-order valence-corrected chi connectivity index (χ0v) is 13.7. The molecule has 130 valence electrons. The number of carbonyl (C=O) groups is 2. The topological polar surface area (TPSA) is 91.3 Å². The molecule has 0 saturated carbocycles. The molecule has 1 N–H and O–H groups in total. The number of carbonyl (C=O) groups excluding carboxylic acids is 1. The minimum atomic E-state index is -0.897. The average Bonchev–Trinajstić information content (AvgIpc) is 3.11. The van der Waals surface area contributed by atoms with Crippen LogP contribution in [0.4, 0.5) is 0 Å². The van der Waals surface area contributed by atoms with E-state index in [1.54, 1.807) is 6.08 Å². The van der Waals surface area contributed by atoms with Gasteiger partial charge < -0.3 is 14.6 Å². The molecule has 0 aromatic rings. The van der Waals surface area contributed by atoms with Crippen molar-refractivity contribution < 1.29 is 33.9 Å². The lowest BCUT2D eigenvalue weighted by Crippen LogP contribution is -2.34. The second kappa shape index (κ2) is 7.42. The van der Waals surface area contributed by atoms with Gasteiger partial charge in [0.15, 0.2) is 0 Å². The van der Waals surface area contributed by atoms with Gasteiger partial charge in [-0.25, -0.2) is 9.78 Å². The Bertz CT molecular complexity index is 471. The maximum atomic E-state index is 11.7. The van der Waals surface area contributed by atoms with Crippen molar-refractivity contribution in [1.82, 2.24) is 0 Å². The van der Waals surface area contributed by atoms with Crippen LogP contribution in [0.2, 0.25) is 0 Å². The van der Waals surface area contributed by atoms with Gasteiger partial charge in [-0.05, 0) is 20.3 Å². The highest BCUT2D eigenvalue weighted by atomic mass is 17.2. The number of ether oxygens (including phenoxy) is 2. The maximum absolute atomic E-state index is 11.7. The van der Waals surface area contributed by atoms with E-state index in [9.17, 15) is 14.7 Å². The normalized spacial score (nSPS) is 29.0. The summed E-state index contributed by atoms with van der Waals surface area (Å²) < 4.78 is 10.6. The second-order valence-electron chi connectivity index (χ2n) is 6.46. The van der Waals surface area contributed by atoms with E-state index >= 15 is 0 Å². The number of fused-ring (bicyclic) bond motifs is 2. The van der Waals surface area contributed by atoms with E-state index in [4.69, 9.17) is 19.2 Å². The van der Waals surface area contributed by atoms with Crippen LogP contribution in [0.5, 0.6) is 0 Å². The largest absolute Gasteiger partial charge is 0.481 e. The van der Waals surface area contributed by atoms with Crippen LogP contribution in [0, 0.1) is 17.3 Å². The lowest BCUT2D eigenvalue weighted by atomic mass is 9.84. The minimum absolute atomic E-state index is 0.0950. The number of carboxylic acid groups (broad SMARTS) is 1. The summed E-state index contributed by atoms with van der Waals surface area (Å²) in [5.41, 5.74) is -0.512. The highest BCUT2D eigenvalue weighted by Gasteiger charge is 2.49. The number of aliphatic carboxylic acids is 1. The number of hydrogen-bond acceptors (Lipinski definition) is 6. The van der Waals surface area contributed by atoms with Gasteiger partial charge in [-0.2, -0.15) is 0 Å². The molecule has 23 heavy (non-hydrogen) atoms. The van der Waals surface area contributed by atoms with Gasteiger partial charge in [-0.1, -0.05) is 19.1 Å². The van der Waals surface area contributed by atoms with Gasteiger partial charge in [0, 0.05) is 5.92 Å². The fourth-order valence-electron chi connectivity index (χ4n) is 2.60. The molecule has 2 aliphatic rings. The Morgan fingerprint density at radius 2 is 1.87 bits per heavy atom. The van der Waals surface area contributed by atoms with Gasteiger partial charge in [-0.15, -0.1) is 0 Å². The predicted octanol–water partition coefficient (Wildman–Crippen LogP) is 1.57. The van der Waals surface area contributed by atoms with E-state index < -0.39 is 17.3 Å². The van der Waals surface area contributed by atoms with Crippen molar-refractivity contribution in [3.8, 4) is 0 Å². The van der Waals surface area contributed by atoms with Crippen molar-refractivity contribution in [3.63, 3.8) is 0 Å². The van der Waals surface area contributed by atoms with Gasteiger partial charge >= 0.3 is 11.9 Å². The molecule has 0 spiro atoms. The van der Waals surface area contributed by atoms with Gasteiger partial charge in [0.2, 0.25) is 0 Å². The second-order valence-corrected chi connectivity index (χ2v) is 6.46. The summed E-state index contributed by atoms with van der Waals surface area (Å²) in [6, 6.07) is 0. The Kier molecular flexibility index (Phi) is 5.78. The molecule has 2 bridgehead atoms. The Hall–Kier alpha value is -1.44.